The molecule has 0 heterocycles. The lowest BCUT2D eigenvalue weighted by molar-refractivity contribution is -0.175. The van der Waals surface area contributed by atoms with Gasteiger partial charge in [0.05, 0.1) is 24.4 Å². The number of carbonyl (C=O) groups excluding carboxylic acids is 1. The van der Waals surface area contributed by atoms with Crippen molar-refractivity contribution in [1.82, 2.24) is 0 Å². The van der Waals surface area contributed by atoms with E-state index in [1.807, 2.05) is 6.92 Å². The largest absolute Gasteiger partial charge is 0.390 e. The van der Waals surface area contributed by atoms with Crippen molar-refractivity contribution in [2.75, 3.05) is 0 Å². The molecule has 190 valence electrons. The van der Waals surface area contributed by atoms with Crippen LogP contribution in [0.1, 0.15) is 86.5 Å². The monoisotopic (exact) mass is 464 g/mol. The molecule has 0 spiro atoms. The van der Waals surface area contributed by atoms with Gasteiger partial charge in [-0.1, -0.05) is 41.5 Å². The van der Waals surface area contributed by atoms with E-state index in [-0.39, 0.29) is 34.4 Å². The molecule has 5 nitrogen and oxygen atoms in total. The van der Waals surface area contributed by atoms with Crippen LogP contribution in [0, 0.1) is 58.2 Å². The summed E-state index contributed by atoms with van der Waals surface area (Å²) in [5.41, 5.74) is -0.162. The molecular weight excluding hydrogens is 416 g/mol. The fraction of sp³-hybridized carbons (Fsp3) is 0.964. The summed E-state index contributed by atoms with van der Waals surface area (Å²) in [6, 6.07) is 0. The first-order valence-corrected chi connectivity index (χ1v) is 13.6. The van der Waals surface area contributed by atoms with Crippen LogP contribution in [0.25, 0.3) is 0 Å². The van der Waals surface area contributed by atoms with Gasteiger partial charge in [0.15, 0.2) is 0 Å². The Morgan fingerprint density at radius 1 is 0.879 bits per heavy atom. The molecule has 4 fully saturated rings. The number of ketones is 1. The third-order valence-electron chi connectivity index (χ3n) is 11.7. The van der Waals surface area contributed by atoms with Gasteiger partial charge in [-0.3, -0.25) is 4.79 Å². The number of fused-ring (bicyclic) bond motifs is 5. The van der Waals surface area contributed by atoms with Crippen LogP contribution in [0.15, 0.2) is 0 Å². The second kappa shape index (κ2) is 8.87. The topological polar surface area (TPSA) is 98.0 Å². The first-order valence-electron chi connectivity index (χ1n) is 13.6. The Balaban J connectivity index is 1.56. The predicted molar refractivity (Wildman–Crippen MR) is 128 cm³/mol. The smallest absolute Gasteiger partial charge is 0.136 e. The highest BCUT2D eigenvalue weighted by atomic mass is 16.3. The first kappa shape index (κ1) is 25.6. The van der Waals surface area contributed by atoms with Gasteiger partial charge in [0.2, 0.25) is 0 Å². The molecule has 4 aliphatic rings. The zero-order valence-corrected chi connectivity index (χ0v) is 21.6. The molecule has 5 heteroatoms. The Morgan fingerprint density at radius 3 is 2.15 bits per heavy atom. The minimum atomic E-state index is -0.782. The number of carbonyl (C=O) groups is 1. The third-order valence-corrected chi connectivity index (χ3v) is 11.7. The van der Waals surface area contributed by atoms with Crippen LogP contribution in [0.5, 0.6) is 0 Å². The molecular formula is C28H48O5. The lowest BCUT2D eigenvalue weighted by atomic mass is 9.44. The lowest BCUT2D eigenvalue weighted by Gasteiger charge is -2.61. The normalized spacial score (nSPS) is 49.1. The number of hydrogen-bond acceptors (Lipinski definition) is 5. The van der Waals surface area contributed by atoms with Gasteiger partial charge >= 0.3 is 0 Å². The fourth-order valence-corrected chi connectivity index (χ4v) is 9.23. The average molecular weight is 465 g/mol. The third kappa shape index (κ3) is 3.93. The average Bonchev–Trinajstić information content (AvgIpc) is 3.10. The van der Waals surface area contributed by atoms with Crippen molar-refractivity contribution in [3.05, 3.63) is 0 Å². The van der Waals surface area contributed by atoms with E-state index in [0.29, 0.717) is 48.9 Å². The van der Waals surface area contributed by atoms with E-state index in [1.165, 1.54) is 0 Å². The summed E-state index contributed by atoms with van der Waals surface area (Å²) < 4.78 is 0. The van der Waals surface area contributed by atoms with Gasteiger partial charge < -0.3 is 20.4 Å². The highest BCUT2D eigenvalue weighted by Crippen LogP contribution is 2.67. The highest BCUT2D eigenvalue weighted by molar-refractivity contribution is 5.83. The van der Waals surface area contributed by atoms with Gasteiger partial charge in [0.1, 0.15) is 5.78 Å². The zero-order chi connectivity index (χ0) is 24.5. The maximum Gasteiger partial charge on any atom is 0.136 e. The van der Waals surface area contributed by atoms with E-state index in [0.717, 1.165) is 25.7 Å². The van der Waals surface area contributed by atoms with E-state index in [9.17, 15) is 25.2 Å². The molecule has 0 aromatic rings. The molecule has 4 rings (SSSR count). The molecule has 0 radical (unpaired) electrons. The maximum absolute atomic E-state index is 13.3. The summed E-state index contributed by atoms with van der Waals surface area (Å²) in [7, 11) is 0. The minimum absolute atomic E-state index is 0.0158. The number of hydrogen-bond donors (Lipinski definition) is 4. The van der Waals surface area contributed by atoms with Gasteiger partial charge in [-0.25, -0.2) is 0 Å². The van der Waals surface area contributed by atoms with Crippen LogP contribution in [-0.4, -0.2) is 50.6 Å². The van der Waals surface area contributed by atoms with Gasteiger partial charge in [-0.2, -0.15) is 0 Å². The molecule has 4 N–H and O–H groups in total. The highest BCUT2D eigenvalue weighted by Gasteiger charge is 2.63. The molecule has 0 aromatic carbocycles. The van der Waals surface area contributed by atoms with Crippen molar-refractivity contribution in [2.45, 2.75) is 111 Å². The van der Waals surface area contributed by atoms with Crippen molar-refractivity contribution in [2.24, 2.45) is 58.2 Å². The number of Topliss-reactive ketones (excluding diaryl/α,β-unsaturated/α-hetero) is 1. The van der Waals surface area contributed by atoms with Crippen LogP contribution in [0.2, 0.25) is 0 Å². The molecule has 33 heavy (non-hydrogen) atoms. The second-order valence-corrected chi connectivity index (χ2v) is 13.4. The van der Waals surface area contributed by atoms with Crippen LogP contribution < -0.4 is 0 Å². The van der Waals surface area contributed by atoms with E-state index in [2.05, 4.69) is 34.6 Å². The van der Waals surface area contributed by atoms with Crippen molar-refractivity contribution in [3.63, 3.8) is 0 Å². The predicted octanol–water partition coefficient (Wildman–Crippen LogP) is 3.81. The summed E-state index contributed by atoms with van der Waals surface area (Å²) in [6.07, 6.45) is 2.80. The summed E-state index contributed by atoms with van der Waals surface area (Å²) in [5.74, 6) is 2.05. The van der Waals surface area contributed by atoms with E-state index in [4.69, 9.17) is 0 Å². The molecule has 4 aliphatic carbocycles. The molecule has 0 bridgehead atoms. The van der Waals surface area contributed by atoms with E-state index < -0.39 is 24.4 Å². The van der Waals surface area contributed by atoms with Gasteiger partial charge in [-0.05, 0) is 90.8 Å². The molecule has 0 saturated heterocycles. The van der Waals surface area contributed by atoms with Crippen molar-refractivity contribution in [3.8, 4) is 0 Å². The molecule has 0 aromatic heterocycles. The number of aliphatic hydroxyl groups excluding tert-OH is 4. The molecule has 0 unspecified atom stereocenters. The van der Waals surface area contributed by atoms with E-state index >= 15 is 0 Å². The lowest BCUT2D eigenvalue weighted by Crippen LogP contribution is -2.59. The molecule has 13 atom stereocenters. The van der Waals surface area contributed by atoms with Gasteiger partial charge in [0.25, 0.3) is 0 Å². The Hall–Kier alpha value is -0.490. The quantitative estimate of drug-likeness (QED) is 0.496. The molecule has 4 saturated carbocycles. The minimum Gasteiger partial charge on any atom is -0.390 e. The number of aliphatic hydroxyl groups is 4. The standard InChI is InChI=1S/C28H48O5/c1-14(2)15(3)25(32)26(33)16(4)18-7-8-19-17-11-22(29)21-12-23(30)24(31)13-28(21,6)20(17)9-10-27(18,19)5/h14-21,23-26,30-33H,7-13H2,1-6H3/t15-,16+,17+,18-,19+,20+,21+,23+,24+,25-,26-,27-,28-/m1/s1. The molecule has 0 aliphatic heterocycles. The van der Waals surface area contributed by atoms with Crippen LogP contribution in [0.4, 0.5) is 0 Å². The van der Waals surface area contributed by atoms with Crippen molar-refractivity contribution in [1.29, 1.82) is 0 Å². The van der Waals surface area contributed by atoms with Crippen LogP contribution >= 0.6 is 0 Å². The Labute approximate surface area is 200 Å². The summed E-state index contributed by atoms with van der Waals surface area (Å²) in [6.45, 7) is 12.9. The fourth-order valence-electron chi connectivity index (χ4n) is 9.23. The van der Waals surface area contributed by atoms with E-state index in [1.54, 1.807) is 0 Å². The Kier molecular flexibility index (Phi) is 6.88. The maximum atomic E-state index is 13.3. The van der Waals surface area contributed by atoms with Crippen molar-refractivity contribution < 1.29 is 25.2 Å². The summed E-state index contributed by atoms with van der Waals surface area (Å²) in [5, 5.41) is 42.8. The van der Waals surface area contributed by atoms with Gasteiger partial charge in [-0.15, -0.1) is 0 Å². The second-order valence-electron chi connectivity index (χ2n) is 13.4. The first-order chi connectivity index (χ1) is 15.3. The molecule has 0 amide bonds. The summed E-state index contributed by atoms with van der Waals surface area (Å²) >= 11 is 0. The van der Waals surface area contributed by atoms with Gasteiger partial charge in [0, 0.05) is 12.3 Å². The van der Waals surface area contributed by atoms with Crippen LogP contribution in [0.3, 0.4) is 0 Å². The van der Waals surface area contributed by atoms with Crippen molar-refractivity contribution >= 4 is 5.78 Å². The summed E-state index contributed by atoms with van der Waals surface area (Å²) in [4.78, 5) is 13.3. The zero-order valence-electron chi connectivity index (χ0n) is 21.6. The Morgan fingerprint density at radius 2 is 1.52 bits per heavy atom. The number of rotatable bonds is 5. The Bertz CT molecular complexity index is 738. The van der Waals surface area contributed by atoms with Crippen LogP contribution in [-0.2, 0) is 4.79 Å². The SMILES string of the molecule is CC(C)[C@@H](C)[C@@H](O)[C@H](O)[C@@H](C)[C@H]1CC[C@H]2[C@@H]3CC(=O)[C@@H]4C[C@H](O)[C@@H](O)C[C@]4(C)[C@H]3CC[C@]12C.